The third-order valence-electron chi connectivity index (χ3n) is 4.94. The molecule has 156 valence electrons. The molecule has 0 bridgehead atoms. The van der Waals surface area contributed by atoms with Gasteiger partial charge in [-0.05, 0) is 38.3 Å². The van der Waals surface area contributed by atoms with Crippen molar-refractivity contribution in [1.82, 2.24) is 9.21 Å². The van der Waals surface area contributed by atoms with Crippen LogP contribution in [0.15, 0.2) is 23.1 Å². The second-order valence-corrected chi connectivity index (χ2v) is 8.63. The van der Waals surface area contributed by atoms with Gasteiger partial charge in [0.05, 0.1) is 9.82 Å². The van der Waals surface area contributed by atoms with Crippen molar-refractivity contribution in [2.75, 3.05) is 26.2 Å². The fourth-order valence-electron chi connectivity index (χ4n) is 3.33. The minimum absolute atomic E-state index is 0.112. The monoisotopic (exact) mass is 413 g/mol. The zero-order valence-corrected chi connectivity index (χ0v) is 17.3. The highest BCUT2D eigenvalue weighted by Gasteiger charge is 2.28. The molecule has 1 saturated heterocycles. The molecule has 1 aromatic carbocycles. The summed E-state index contributed by atoms with van der Waals surface area (Å²) in [5.41, 5.74) is -0.479. The van der Waals surface area contributed by atoms with Crippen molar-refractivity contribution in [3.63, 3.8) is 0 Å². The van der Waals surface area contributed by atoms with E-state index in [-0.39, 0.29) is 42.3 Å². The lowest BCUT2D eigenvalue weighted by molar-refractivity contribution is -0.386. The van der Waals surface area contributed by atoms with Gasteiger partial charge in [0.1, 0.15) is 0 Å². The Bertz CT molecular complexity index is 823. The molecule has 0 aliphatic carbocycles. The maximum atomic E-state index is 12.6. The maximum Gasteiger partial charge on any atom is 0.312 e. The van der Waals surface area contributed by atoms with Gasteiger partial charge in [0, 0.05) is 31.7 Å². The summed E-state index contributed by atoms with van der Waals surface area (Å²) >= 11 is 0. The van der Waals surface area contributed by atoms with Crippen LogP contribution in [-0.2, 0) is 14.8 Å². The van der Waals surface area contributed by atoms with Crippen molar-refractivity contribution in [3.05, 3.63) is 28.3 Å². The largest absolute Gasteiger partial charge is 0.477 e. The van der Waals surface area contributed by atoms with Crippen molar-refractivity contribution < 1.29 is 22.9 Å². The second-order valence-electron chi connectivity index (χ2n) is 6.70. The average molecular weight is 413 g/mol. The standard InChI is InChI=1S/C18H27N3O6S/c1-4-19(5-2)28(25,26)15-9-10-17(16(12-15)21(23)24)27-13-18(22)20-11-7-6-8-14(20)3/h9-10,12,14H,4-8,11,13H2,1-3H3. The Hall–Kier alpha value is -2.20. The molecule has 10 heteroatoms. The molecule has 0 saturated carbocycles. The number of nitrogens with zero attached hydrogens (tertiary/aromatic N) is 3. The van der Waals surface area contributed by atoms with Crippen LogP contribution in [0.25, 0.3) is 0 Å². The molecular formula is C18H27N3O6S. The number of sulfonamides is 1. The first-order valence-corrected chi connectivity index (χ1v) is 10.9. The van der Waals surface area contributed by atoms with E-state index in [1.807, 2.05) is 6.92 Å². The highest BCUT2D eigenvalue weighted by atomic mass is 32.2. The smallest absolute Gasteiger partial charge is 0.312 e. The van der Waals surface area contributed by atoms with Gasteiger partial charge in [-0.2, -0.15) is 4.31 Å². The fourth-order valence-corrected chi connectivity index (χ4v) is 4.80. The van der Waals surface area contributed by atoms with Gasteiger partial charge < -0.3 is 9.64 Å². The van der Waals surface area contributed by atoms with Gasteiger partial charge >= 0.3 is 5.69 Å². The van der Waals surface area contributed by atoms with E-state index in [0.717, 1.165) is 25.3 Å². The number of rotatable bonds is 8. The number of nitro benzene ring substituents is 1. The average Bonchev–Trinajstić information content (AvgIpc) is 2.67. The number of nitro groups is 1. The van der Waals surface area contributed by atoms with Crippen LogP contribution in [0.2, 0.25) is 0 Å². The summed E-state index contributed by atoms with van der Waals surface area (Å²) in [6.07, 6.45) is 2.91. The van der Waals surface area contributed by atoms with Crippen molar-refractivity contribution >= 4 is 21.6 Å². The summed E-state index contributed by atoms with van der Waals surface area (Å²) < 4.78 is 31.8. The number of carbonyl (C=O) groups is 1. The van der Waals surface area contributed by atoms with Crippen LogP contribution in [0.3, 0.4) is 0 Å². The Morgan fingerprint density at radius 3 is 2.57 bits per heavy atom. The Morgan fingerprint density at radius 1 is 1.32 bits per heavy atom. The molecule has 1 aromatic rings. The summed E-state index contributed by atoms with van der Waals surface area (Å²) in [5.74, 6) is -0.358. The Labute approximate surface area is 165 Å². The zero-order chi connectivity index (χ0) is 20.9. The van der Waals surface area contributed by atoms with E-state index >= 15 is 0 Å². The summed E-state index contributed by atoms with van der Waals surface area (Å²) in [4.78, 5) is 24.7. The van der Waals surface area contributed by atoms with E-state index in [1.165, 1.54) is 16.4 Å². The van der Waals surface area contributed by atoms with Gasteiger partial charge in [-0.3, -0.25) is 14.9 Å². The molecule has 1 amide bonds. The van der Waals surface area contributed by atoms with Gasteiger partial charge in [-0.25, -0.2) is 8.42 Å². The first kappa shape index (κ1) is 22.1. The summed E-state index contributed by atoms with van der Waals surface area (Å²) in [6.45, 7) is 6.19. The quantitative estimate of drug-likeness (QED) is 0.478. The van der Waals surface area contributed by atoms with E-state index < -0.39 is 20.6 Å². The van der Waals surface area contributed by atoms with Crippen LogP contribution in [-0.4, -0.2) is 60.7 Å². The van der Waals surface area contributed by atoms with E-state index in [2.05, 4.69) is 0 Å². The van der Waals surface area contributed by atoms with Crippen LogP contribution in [0, 0.1) is 10.1 Å². The van der Waals surface area contributed by atoms with Gasteiger partial charge in [0.15, 0.2) is 12.4 Å². The van der Waals surface area contributed by atoms with E-state index in [9.17, 15) is 23.3 Å². The minimum Gasteiger partial charge on any atom is -0.477 e. The van der Waals surface area contributed by atoms with Crippen molar-refractivity contribution in [1.29, 1.82) is 0 Å². The Balaban J connectivity index is 2.21. The predicted octanol–water partition coefficient (Wildman–Crippen LogP) is 2.41. The maximum absolute atomic E-state index is 12.6. The minimum atomic E-state index is -3.83. The number of carbonyl (C=O) groups excluding carboxylic acids is 1. The molecule has 28 heavy (non-hydrogen) atoms. The third-order valence-corrected chi connectivity index (χ3v) is 6.99. The number of benzene rings is 1. The van der Waals surface area contributed by atoms with Gasteiger partial charge in [-0.1, -0.05) is 13.8 Å². The Kier molecular flexibility index (Phi) is 7.36. The lowest BCUT2D eigenvalue weighted by Crippen LogP contribution is -2.44. The first-order chi connectivity index (χ1) is 13.2. The van der Waals surface area contributed by atoms with Crippen molar-refractivity contribution in [3.8, 4) is 5.75 Å². The molecule has 1 aliphatic rings. The molecule has 1 heterocycles. The van der Waals surface area contributed by atoms with Gasteiger partial charge in [0.25, 0.3) is 5.91 Å². The predicted molar refractivity (Wildman–Crippen MR) is 104 cm³/mol. The SMILES string of the molecule is CCN(CC)S(=O)(=O)c1ccc(OCC(=O)N2CCCCC2C)c([N+](=O)[O-])c1. The normalized spacial score (nSPS) is 17.6. The molecule has 2 rings (SSSR count). The topological polar surface area (TPSA) is 110 Å². The highest BCUT2D eigenvalue weighted by molar-refractivity contribution is 7.89. The molecular weight excluding hydrogens is 386 g/mol. The van der Waals surface area contributed by atoms with Gasteiger partial charge in [0.2, 0.25) is 10.0 Å². The molecule has 1 atom stereocenters. The van der Waals surface area contributed by atoms with Crippen LogP contribution in [0.4, 0.5) is 5.69 Å². The number of hydrogen-bond donors (Lipinski definition) is 0. The molecule has 1 fully saturated rings. The Morgan fingerprint density at radius 2 is 2.00 bits per heavy atom. The number of amides is 1. The fraction of sp³-hybridized carbons (Fsp3) is 0.611. The second kappa shape index (κ2) is 9.33. The van der Waals surface area contributed by atoms with Gasteiger partial charge in [-0.15, -0.1) is 0 Å². The molecule has 0 spiro atoms. The summed E-state index contributed by atoms with van der Waals surface area (Å²) in [7, 11) is -3.83. The zero-order valence-electron chi connectivity index (χ0n) is 16.5. The molecule has 0 N–H and O–H groups in total. The van der Waals surface area contributed by atoms with Crippen LogP contribution < -0.4 is 4.74 Å². The van der Waals surface area contributed by atoms with E-state index in [1.54, 1.807) is 18.7 Å². The lowest BCUT2D eigenvalue weighted by atomic mass is 10.0. The summed E-state index contributed by atoms with van der Waals surface area (Å²) in [6, 6.07) is 3.60. The third kappa shape index (κ3) is 4.79. The molecule has 0 radical (unpaired) electrons. The van der Waals surface area contributed by atoms with E-state index in [0.29, 0.717) is 6.54 Å². The van der Waals surface area contributed by atoms with E-state index in [4.69, 9.17) is 4.74 Å². The van der Waals surface area contributed by atoms with Crippen LogP contribution in [0.1, 0.15) is 40.0 Å². The number of hydrogen-bond acceptors (Lipinski definition) is 6. The molecule has 9 nitrogen and oxygen atoms in total. The molecule has 1 unspecified atom stereocenters. The molecule has 0 aromatic heterocycles. The van der Waals surface area contributed by atoms with Crippen LogP contribution in [0.5, 0.6) is 5.75 Å². The number of likely N-dealkylation sites (tertiary alicyclic amines) is 1. The van der Waals surface area contributed by atoms with Crippen molar-refractivity contribution in [2.45, 2.75) is 51.0 Å². The van der Waals surface area contributed by atoms with Crippen molar-refractivity contribution in [2.24, 2.45) is 0 Å². The summed E-state index contributed by atoms with van der Waals surface area (Å²) in [5, 5.41) is 11.4. The molecule has 1 aliphatic heterocycles. The first-order valence-electron chi connectivity index (χ1n) is 9.43. The number of ether oxygens (including phenoxy) is 1. The lowest BCUT2D eigenvalue weighted by Gasteiger charge is -2.33. The van der Waals surface area contributed by atoms with Crippen LogP contribution >= 0.6 is 0 Å². The number of piperidine rings is 1. The highest BCUT2D eigenvalue weighted by Crippen LogP contribution is 2.31.